The van der Waals surface area contributed by atoms with E-state index in [1.165, 1.54) is 0 Å². The number of cyclic esters (lactones) is 1. The number of carbonyl (C=O) groups is 1. The lowest BCUT2D eigenvalue weighted by atomic mass is 10.0. The van der Waals surface area contributed by atoms with Crippen molar-refractivity contribution in [2.75, 3.05) is 13.7 Å². The van der Waals surface area contributed by atoms with E-state index in [1.807, 2.05) is 6.07 Å². The zero-order valence-electron chi connectivity index (χ0n) is 8.58. The minimum absolute atomic E-state index is 0.275. The number of rotatable bonds is 3. The van der Waals surface area contributed by atoms with Crippen LogP contribution in [0.3, 0.4) is 0 Å². The molecular formula is C11H13NO3. The van der Waals surface area contributed by atoms with Crippen LogP contribution in [0.4, 0.5) is 0 Å². The quantitative estimate of drug-likeness (QED) is 0.747. The number of hydrogen-bond acceptors (Lipinski definition) is 4. The topological polar surface area (TPSA) is 61.6 Å². The van der Waals surface area contributed by atoms with E-state index < -0.39 is 0 Å². The maximum atomic E-state index is 11.3. The SMILES string of the molecule is COc1c(CCN)ccc2c1COC2=O. The third-order valence-corrected chi connectivity index (χ3v) is 2.53. The highest BCUT2D eigenvalue weighted by Gasteiger charge is 2.25. The highest BCUT2D eigenvalue weighted by molar-refractivity contribution is 5.94. The number of esters is 1. The van der Waals surface area contributed by atoms with Crippen LogP contribution >= 0.6 is 0 Å². The van der Waals surface area contributed by atoms with Gasteiger partial charge in [-0.05, 0) is 24.6 Å². The predicted octanol–water partition coefficient (Wildman–Crippen LogP) is 0.867. The molecular weight excluding hydrogens is 194 g/mol. The van der Waals surface area contributed by atoms with Gasteiger partial charge >= 0.3 is 5.97 Å². The van der Waals surface area contributed by atoms with Crippen LogP contribution in [0.25, 0.3) is 0 Å². The number of hydrogen-bond donors (Lipinski definition) is 1. The van der Waals surface area contributed by atoms with Gasteiger partial charge in [-0.3, -0.25) is 0 Å². The molecule has 2 rings (SSSR count). The van der Waals surface area contributed by atoms with Crippen LogP contribution in [0.15, 0.2) is 12.1 Å². The van der Waals surface area contributed by atoms with E-state index in [9.17, 15) is 4.79 Å². The lowest BCUT2D eigenvalue weighted by Gasteiger charge is -2.10. The Morgan fingerprint density at radius 3 is 3.00 bits per heavy atom. The third-order valence-electron chi connectivity index (χ3n) is 2.53. The van der Waals surface area contributed by atoms with Gasteiger partial charge in [-0.15, -0.1) is 0 Å². The molecule has 0 aromatic heterocycles. The maximum absolute atomic E-state index is 11.3. The van der Waals surface area contributed by atoms with Crippen molar-refractivity contribution >= 4 is 5.97 Å². The summed E-state index contributed by atoms with van der Waals surface area (Å²) in [6.07, 6.45) is 0.741. The molecule has 0 unspecified atom stereocenters. The number of nitrogens with two attached hydrogens (primary N) is 1. The normalized spacial score (nSPS) is 13.6. The van der Waals surface area contributed by atoms with Gasteiger partial charge in [-0.25, -0.2) is 4.79 Å². The van der Waals surface area contributed by atoms with E-state index in [2.05, 4.69) is 0 Å². The van der Waals surface area contributed by atoms with Crippen molar-refractivity contribution in [2.45, 2.75) is 13.0 Å². The number of benzene rings is 1. The number of ether oxygens (including phenoxy) is 2. The Hall–Kier alpha value is -1.55. The predicted molar refractivity (Wildman–Crippen MR) is 54.9 cm³/mol. The lowest BCUT2D eigenvalue weighted by molar-refractivity contribution is 0.0534. The van der Waals surface area contributed by atoms with Crippen LogP contribution in [-0.4, -0.2) is 19.6 Å². The van der Waals surface area contributed by atoms with Gasteiger partial charge in [0.05, 0.1) is 12.7 Å². The molecule has 0 atom stereocenters. The summed E-state index contributed by atoms with van der Waals surface area (Å²) >= 11 is 0. The first-order valence-electron chi connectivity index (χ1n) is 4.84. The molecule has 0 radical (unpaired) electrons. The average molecular weight is 207 g/mol. The Morgan fingerprint density at radius 1 is 1.53 bits per heavy atom. The Labute approximate surface area is 88.0 Å². The van der Waals surface area contributed by atoms with Gasteiger partial charge in [0.15, 0.2) is 0 Å². The first kappa shape index (κ1) is 9.98. The molecule has 0 aliphatic carbocycles. The van der Waals surface area contributed by atoms with Crippen LogP contribution in [0, 0.1) is 0 Å². The van der Waals surface area contributed by atoms with Crippen molar-refractivity contribution in [1.82, 2.24) is 0 Å². The molecule has 1 aliphatic heterocycles. The summed E-state index contributed by atoms with van der Waals surface area (Å²) in [6.45, 7) is 0.861. The highest BCUT2D eigenvalue weighted by atomic mass is 16.5. The average Bonchev–Trinajstić information content (AvgIpc) is 2.61. The zero-order valence-corrected chi connectivity index (χ0v) is 8.58. The molecule has 4 heteroatoms. The van der Waals surface area contributed by atoms with Crippen molar-refractivity contribution in [3.8, 4) is 5.75 Å². The van der Waals surface area contributed by atoms with Gasteiger partial charge in [0.25, 0.3) is 0 Å². The van der Waals surface area contributed by atoms with Crippen molar-refractivity contribution in [3.63, 3.8) is 0 Å². The Morgan fingerprint density at radius 2 is 2.33 bits per heavy atom. The van der Waals surface area contributed by atoms with Crippen molar-refractivity contribution in [2.24, 2.45) is 5.73 Å². The minimum Gasteiger partial charge on any atom is -0.496 e. The van der Waals surface area contributed by atoms with E-state index in [4.69, 9.17) is 15.2 Å². The summed E-state index contributed by atoms with van der Waals surface area (Å²) in [7, 11) is 1.60. The monoisotopic (exact) mass is 207 g/mol. The second-order valence-corrected chi connectivity index (χ2v) is 3.40. The second kappa shape index (κ2) is 3.90. The number of fused-ring (bicyclic) bond motifs is 1. The molecule has 0 amide bonds. The third kappa shape index (κ3) is 1.57. The standard InChI is InChI=1S/C11H13NO3/c1-14-10-7(4-5-12)2-3-8-9(10)6-15-11(8)13/h2-3H,4-6,12H2,1H3. The van der Waals surface area contributed by atoms with Crippen molar-refractivity contribution < 1.29 is 14.3 Å². The van der Waals surface area contributed by atoms with E-state index in [-0.39, 0.29) is 5.97 Å². The Kier molecular flexibility index (Phi) is 2.60. The second-order valence-electron chi connectivity index (χ2n) is 3.40. The summed E-state index contributed by atoms with van der Waals surface area (Å²) < 4.78 is 10.3. The fourth-order valence-electron chi connectivity index (χ4n) is 1.83. The van der Waals surface area contributed by atoms with Gasteiger partial charge in [0.2, 0.25) is 0 Å². The molecule has 0 bridgehead atoms. The first-order valence-corrected chi connectivity index (χ1v) is 4.84. The zero-order chi connectivity index (χ0) is 10.8. The van der Waals surface area contributed by atoms with Crippen LogP contribution < -0.4 is 10.5 Å². The number of methoxy groups -OCH3 is 1. The highest BCUT2D eigenvalue weighted by Crippen LogP contribution is 2.32. The van der Waals surface area contributed by atoms with Gasteiger partial charge in [-0.2, -0.15) is 0 Å². The maximum Gasteiger partial charge on any atom is 0.339 e. The molecule has 0 saturated heterocycles. The Bertz CT molecular complexity index is 401. The lowest BCUT2D eigenvalue weighted by Crippen LogP contribution is -2.06. The molecule has 0 fully saturated rings. The van der Waals surface area contributed by atoms with Gasteiger partial charge < -0.3 is 15.2 Å². The fraction of sp³-hybridized carbons (Fsp3) is 0.364. The molecule has 1 aliphatic rings. The van der Waals surface area contributed by atoms with Crippen LogP contribution in [0.1, 0.15) is 21.5 Å². The van der Waals surface area contributed by atoms with Crippen LogP contribution in [0.2, 0.25) is 0 Å². The van der Waals surface area contributed by atoms with Crippen LogP contribution in [-0.2, 0) is 17.8 Å². The van der Waals surface area contributed by atoms with E-state index in [0.29, 0.717) is 18.7 Å². The van der Waals surface area contributed by atoms with E-state index in [0.717, 1.165) is 23.3 Å². The summed E-state index contributed by atoms with van der Waals surface area (Å²) in [5.74, 6) is 0.464. The van der Waals surface area contributed by atoms with E-state index >= 15 is 0 Å². The molecule has 0 saturated carbocycles. The van der Waals surface area contributed by atoms with Gasteiger partial charge in [0, 0.05) is 5.56 Å². The molecule has 80 valence electrons. The van der Waals surface area contributed by atoms with Gasteiger partial charge in [0.1, 0.15) is 12.4 Å². The smallest absolute Gasteiger partial charge is 0.339 e. The molecule has 1 aromatic rings. The molecule has 15 heavy (non-hydrogen) atoms. The van der Waals surface area contributed by atoms with Crippen molar-refractivity contribution in [3.05, 3.63) is 28.8 Å². The Balaban J connectivity index is 2.50. The molecule has 1 aromatic carbocycles. The summed E-state index contributed by atoms with van der Waals surface area (Å²) in [4.78, 5) is 11.3. The van der Waals surface area contributed by atoms with Gasteiger partial charge in [-0.1, -0.05) is 6.07 Å². The molecule has 0 spiro atoms. The van der Waals surface area contributed by atoms with Crippen LogP contribution in [0.5, 0.6) is 5.75 Å². The summed E-state index contributed by atoms with van der Waals surface area (Å²) in [5.41, 5.74) is 7.97. The number of carbonyl (C=O) groups excluding carboxylic acids is 1. The van der Waals surface area contributed by atoms with Crippen molar-refractivity contribution in [1.29, 1.82) is 0 Å². The molecule has 4 nitrogen and oxygen atoms in total. The fourth-order valence-corrected chi connectivity index (χ4v) is 1.83. The largest absolute Gasteiger partial charge is 0.496 e. The first-order chi connectivity index (χ1) is 7.27. The minimum atomic E-state index is -0.275. The summed E-state index contributed by atoms with van der Waals surface area (Å²) in [5, 5.41) is 0. The van der Waals surface area contributed by atoms with E-state index in [1.54, 1.807) is 13.2 Å². The summed E-state index contributed by atoms with van der Waals surface area (Å²) in [6, 6.07) is 3.65. The molecule has 1 heterocycles. The molecule has 2 N–H and O–H groups in total.